The molecule has 27 nitrogen and oxygen atoms in total. The molecule has 8 aromatic carbocycles. The van der Waals surface area contributed by atoms with Crippen LogP contribution < -0.4 is 47.3 Å². The molecule has 31 heteroatoms. The molecule has 0 amide bonds. The Bertz CT molecular complexity index is 6740. The topological polar surface area (TPSA) is 367 Å². The summed E-state index contributed by atoms with van der Waals surface area (Å²) >= 11 is 6.43. The molecule has 0 spiro atoms. The Balaban J connectivity index is 0.000000109. The Morgan fingerprint density at radius 3 is 1.05 bits per heavy atom. The van der Waals surface area contributed by atoms with E-state index in [0.29, 0.717) is 42.3 Å². The van der Waals surface area contributed by atoms with Gasteiger partial charge < -0.3 is 52.4 Å². The molecule has 13 N–H and O–H groups in total. The lowest BCUT2D eigenvalue weighted by atomic mass is 10.1. The number of nitrogens with zero attached hydrogens (tertiary/aromatic N) is 13. The standard InChI is InChI=1S/2C21H18N6OS.C20H13N7S.C20H16N6S/c1-28-16-5-2-13(3-6-16)11-22-21-25-18-8-9-29-19(18)20(26-21)24-15-4-7-17-14(10-15)12-23-27-17;28-9-7-13-1-3-15(4-2-13)24-21-25-18-8-10-29-19(18)20(26-21)23-16-5-6-17-14(11-16)12-22-27-17;21-10-12-1-3-14(4-2-12)24-20-25-17-7-8-28-18(17)19(26-20)23-15-5-6-16-13(9-15)11-22-27-16;1-12-2-4-14(5-3-12)23-20-24-17-8-9-27-18(17)19(25-20)22-15-6-7-16-13(10-15)11-21-26-16/h2-10,12H,11H2,1H3,(H,23,27)(H2,22,24,25,26);1-6,8,10-12,28H,7,9H2,(H,22,27)(H2,23,24,25,26);1-9,11H,(H,22,27)(H2,23,24,25,26);2-11H,1H3,(H,21,26)(H2,22,23,24,25). The van der Waals surface area contributed by atoms with Crippen molar-refractivity contribution in [2.24, 2.45) is 0 Å². The van der Waals surface area contributed by atoms with E-state index in [2.05, 4.69) is 133 Å². The highest BCUT2D eigenvalue weighted by Gasteiger charge is 2.17. The Morgan fingerprint density at radius 1 is 0.372 bits per heavy atom. The third-order valence-corrected chi connectivity index (χ3v) is 21.5. The smallest absolute Gasteiger partial charge is 0.229 e. The van der Waals surface area contributed by atoms with Gasteiger partial charge in [-0.25, -0.2) is 19.9 Å². The predicted octanol–water partition coefficient (Wildman–Crippen LogP) is 19.8. The number of nitriles is 1. The first-order valence-electron chi connectivity index (χ1n) is 35.4. The average Bonchev–Trinajstić information content (AvgIpc) is 1.72. The van der Waals surface area contributed by atoms with Crippen molar-refractivity contribution in [2.45, 2.75) is 19.9 Å². The highest BCUT2D eigenvalue weighted by molar-refractivity contribution is 7.18. The zero-order valence-electron chi connectivity index (χ0n) is 60.0. The highest BCUT2D eigenvalue weighted by atomic mass is 32.1. The number of methoxy groups -OCH3 is 1. The summed E-state index contributed by atoms with van der Waals surface area (Å²) < 4.78 is 9.24. The van der Waals surface area contributed by atoms with Gasteiger partial charge in [0, 0.05) is 74.5 Å². The first kappa shape index (κ1) is 71.4. The van der Waals surface area contributed by atoms with Gasteiger partial charge in [0.1, 0.15) is 5.75 Å². The number of hydrogen-bond acceptors (Lipinski definition) is 27. The van der Waals surface area contributed by atoms with E-state index < -0.39 is 0 Å². The van der Waals surface area contributed by atoms with Crippen molar-refractivity contribution in [1.82, 2.24) is 80.7 Å². The minimum Gasteiger partial charge on any atom is -0.497 e. The second-order valence-corrected chi connectivity index (χ2v) is 29.3. The molecule has 0 aliphatic carbocycles. The summed E-state index contributed by atoms with van der Waals surface area (Å²) in [6, 6.07) is 65.4. The zero-order chi connectivity index (χ0) is 76.4. The third-order valence-electron chi connectivity index (χ3n) is 17.8. The number of anilines is 15. The van der Waals surface area contributed by atoms with Gasteiger partial charge in [0.15, 0.2) is 23.3 Å². The van der Waals surface area contributed by atoms with Crippen LogP contribution in [0, 0.1) is 18.3 Å². The largest absolute Gasteiger partial charge is 0.497 e. The number of H-pyrrole nitrogens is 4. The van der Waals surface area contributed by atoms with Crippen LogP contribution in [0.4, 0.5) is 86.9 Å². The number of aliphatic hydroxyl groups is 1. The first-order valence-corrected chi connectivity index (χ1v) is 38.9. The molecule has 20 aromatic rings. The molecule has 12 heterocycles. The SMILES string of the molecule is COc1ccc(CNc2nc(Nc3ccc4[nH]ncc4c3)c3sccc3n2)cc1.Cc1ccc(Nc2nc(Nc3ccc4[nH]ncc4c3)c3sccc3n2)cc1.N#Cc1ccc(Nc2nc(Nc3ccc4[nH]ncc4c3)c3sccc3n2)cc1.OCCc1ccc(Nc2nc(Nc3ccc4[nH]ncc4c3)c3sccc3n2)cc1. The fraction of sp³-hybridized carbons (Fsp3) is 0.0610. The van der Waals surface area contributed by atoms with Crippen molar-refractivity contribution in [3.05, 3.63) is 263 Å². The Labute approximate surface area is 658 Å². The molecule has 554 valence electrons. The van der Waals surface area contributed by atoms with Crippen molar-refractivity contribution in [2.75, 3.05) is 56.3 Å². The summed E-state index contributed by atoms with van der Waals surface area (Å²) in [4.78, 5) is 37.3. The number of rotatable bonds is 20. The molecule has 0 fully saturated rings. The number of benzene rings is 8. The number of hydrogen-bond donors (Lipinski definition) is 13. The first-order chi connectivity index (χ1) is 55.6. The number of aliphatic hydroxyl groups excluding tert-OH is 1. The molecule has 113 heavy (non-hydrogen) atoms. The van der Waals surface area contributed by atoms with Crippen molar-refractivity contribution in [1.29, 1.82) is 5.26 Å². The monoisotopic (exact) mass is 1560 g/mol. The van der Waals surface area contributed by atoms with Crippen molar-refractivity contribution < 1.29 is 9.84 Å². The van der Waals surface area contributed by atoms with Crippen LogP contribution in [-0.2, 0) is 13.0 Å². The lowest BCUT2D eigenvalue weighted by molar-refractivity contribution is 0.299. The second kappa shape index (κ2) is 32.7. The molecule has 0 saturated carbocycles. The fourth-order valence-corrected chi connectivity index (χ4v) is 15.2. The summed E-state index contributed by atoms with van der Waals surface area (Å²) in [5, 5.41) is 85.1. The average molecular weight is 1560 g/mol. The van der Waals surface area contributed by atoms with E-state index in [1.165, 1.54) is 5.56 Å². The van der Waals surface area contributed by atoms with Gasteiger partial charge in [-0.05, 0) is 204 Å². The van der Waals surface area contributed by atoms with Gasteiger partial charge in [-0.1, -0.05) is 42.0 Å². The van der Waals surface area contributed by atoms with Crippen LogP contribution in [0.15, 0.2) is 240 Å². The number of fused-ring (bicyclic) bond motifs is 8. The molecule has 20 rings (SSSR count). The highest BCUT2D eigenvalue weighted by Crippen LogP contribution is 2.37. The van der Waals surface area contributed by atoms with Crippen LogP contribution >= 0.6 is 45.3 Å². The fourth-order valence-electron chi connectivity index (χ4n) is 12.1. The van der Waals surface area contributed by atoms with E-state index in [1.807, 2.05) is 204 Å². The van der Waals surface area contributed by atoms with E-state index in [1.54, 1.807) is 77.0 Å². The van der Waals surface area contributed by atoms with Crippen LogP contribution in [-0.4, -0.2) is 99.5 Å². The van der Waals surface area contributed by atoms with Crippen LogP contribution in [0.3, 0.4) is 0 Å². The van der Waals surface area contributed by atoms with Crippen LogP contribution in [0.25, 0.3) is 84.5 Å². The molecule has 0 radical (unpaired) electrons. The maximum absolute atomic E-state index is 9.06. The number of aromatic amines is 4. The van der Waals surface area contributed by atoms with E-state index in [-0.39, 0.29) is 6.61 Å². The Morgan fingerprint density at radius 2 is 0.699 bits per heavy atom. The zero-order valence-corrected chi connectivity index (χ0v) is 63.3. The summed E-state index contributed by atoms with van der Waals surface area (Å²) in [5.74, 6) is 6.06. The molecule has 0 unspecified atom stereocenters. The quantitative estimate of drug-likeness (QED) is 0.0337. The minimum atomic E-state index is 0.143. The third kappa shape index (κ3) is 16.9. The molecular formula is C82H65N25O2S4. The predicted molar refractivity (Wildman–Crippen MR) is 457 cm³/mol. The van der Waals surface area contributed by atoms with Crippen molar-refractivity contribution in [3.8, 4) is 11.8 Å². The molecule has 0 aliphatic rings. The molecule has 12 aromatic heterocycles. The lowest BCUT2D eigenvalue weighted by Gasteiger charge is -2.10. The van der Waals surface area contributed by atoms with Gasteiger partial charge in [0.25, 0.3) is 0 Å². The molecule has 0 bridgehead atoms. The maximum atomic E-state index is 9.06. The van der Waals surface area contributed by atoms with Gasteiger partial charge in [-0.2, -0.15) is 45.6 Å². The summed E-state index contributed by atoms with van der Waals surface area (Å²) in [7, 11) is 1.66. The number of aromatic nitrogens is 16. The lowest BCUT2D eigenvalue weighted by Crippen LogP contribution is -2.05. The van der Waals surface area contributed by atoms with Crippen molar-refractivity contribution >= 4 is 217 Å². The van der Waals surface area contributed by atoms with Crippen LogP contribution in [0.1, 0.15) is 22.3 Å². The minimum absolute atomic E-state index is 0.143. The normalized spacial score (nSPS) is 11.1. The number of thiophene rings is 4. The Hall–Kier alpha value is -14.6. The number of nitrogens with one attached hydrogen (secondary N) is 12. The second-order valence-electron chi connectivity index (χ2n) is 25.6. The van der Waals surface area contributed by atoms with Gasteiger partial charge in [-0.15, -0.1) is 45.3 Å². The van der Waals surface area contributed by atoms with Gasteiger partial charge in [0.2, 0.25) is 23.8 Å². The van der Waals surface area contributed by atoms with Gasteiger partial charge >= 0.3 is 0 Å². The summed E-state index contributed by atoms with van der Waals surface area (Å²) in [6.45, 7) is 2.83. The summed E-state index contributed by atoms with van der Waals surface area (Å²) in [5.41, 5.74) is 18.0. The van der Waals surface area contributed by atoms with E-state index in [4.69, 9.17) is 30.1 Å². The van der Waals surface area contributed by atoms with E-state index in [0.717, 1.165) is 164 Å². The van der Waals surface area contributed by atoms with Crippen molar-refractivity contribution in [3.63, 3.8) is 0 Å². The molecular weight excluding hydrogens is 1500 g/mol. The van der Waals surface area contributed by atoms with Gasteiger partial charge in [-0.3, -0.25) is 20.4 Å². The van der Waals surface area contributed by atoms with Crippen LogP contribution in [0.2, 0.25) is 0 Å². The van der Waals surface area contributed by atoms with Gasteiger partial charge in [0.05, 0.1) is 106 Å². The molecule has 0 aliphatic heterocycles. The van der Waals surface area contributed by atoms with E-state index in [9.17, 15) is 0 Å². The maximum Gasteiger partial charge on any atom is 0.229 e. The van der Waals surface area contributed by atoms with Crippen LogP contribution in [0.5, 0.6) is 5.75 Å². The molecule has 0 saturated heterocycles. The Kier molecular flexibility index (Phi) is 20.7. The van der Waals surface area contributed by atoms with E-state index >= 15 is 0 Å². The summed E-state index contributed by atoms with van der Waals surface area (Å²) in [6.07, 6.45) is 7.86. The molecule has 0 atom stereocenters. The number of ether oxygens (including phenoxy) is 1. The number of aryl methyl sites for hydroxylation is 1.